The van der Waals surface area contributed by atoms with Crippen molar-refractivity contribution in [1.29, 1.82) is 0 Å². The molecule has 0 unspecified atom stereocenters. The van der Waals surface area contributed by atoms with Gasteiger partial charge in [0.05, 0.1) is 16.8 Å². The Morgan fingerprint density at radius 1 is 1.22 bits per heavy atom. The van der Waals surface area contributed by atoms with Crippen LogP contribution in [0.2, 0.25) is 0 Å². The minimum absolute atomic E-state index is 0.241. The summed E-state index contributed by atoms with van der Waals surface area (Å²) >= 11 is 1.16. The molecule has 0 aliphatic heterocycles. The van der Waals surface area contributed by atoms with Crippen molar-refractivity contribution in [2.24, 2.45) is 5.92 Å². The molecule has 0 spiro atoms. The fraction of sp³-hybridized carbons (Fsp3) is 0.400. The highest BCUT2D eigenvalue weighted by Crippen LogP contribution is 2.30. The lowest BCUT2D eigenvalue weighted by atomic mass is 10.1. The van der Waals surface area contributed by atoms with Gasteiger partial charge >= 0.3 is 6.55 Å². The standard InChI is InChI=1S/C15H16F2N4OS/c1-9(2)7-12-19-13(22-20-12)8-23-15-18-10-5-3-4-6-11(10)21(15)14(16)17/h3-6,9,14H,7-8H2,1-2H3. The lowest BCUT2D eigenvalue weighted by molar-refractivity contribution is 0.0656. The Morgan fingerprint density at radius 2 is 2.00 bits per heavy atom. The number of nitrogens with zero attached hydrogens (tertiary/aromatic N) is 4. The van der Waals surface area contributed by atoms with E-state index < -0.39 is 6.55 Å². The predicted octanol–water partition coefficient (Wildman–Crippen LogP) is 4.31. The second-order valence-corrected chi connectivity index (χ2v) is 6.46. The van der Waals surface area contributed by atoms with E-state index in [2.05, 4.69) is 29.0 Å². The minimum atomic E-state index is -2.65. The SMILES string of the molecule is CC(C)Cc1noc(CSc2nc3ccccc3n2C(F)F)n1. The number of fused-ring (bicyclic) bond motifs is 1. The van der Waals surface area contributed by atoms with E-state index >= 15 is 0 Å². The number of aromatic nitrogens is 4. The van der Waals surface area contributed by atoms with Gasteiger partial charge in [-0.2, -0.15) is 13.8 Å². The maximum atomic E-state index is 13.3. The molecule has 2 heterocycles. The smallest absolute Gasteiger partial charge is 0.321 e. The van der Waals surface area contributed by atoms with Gasteiger partial charge in [-0.25, -0.2) is 4.98 Å². The predicted molar refractivity (Wildman–Crippen MR) is 83.4 cm³/mol. The molecule has 0 aliphatic rings. The number of halogens is 2. The van der Waals surface area contributed by atoms with Crippen LogP contribution >= 0.6 is 11.8 Å². The molecular weight excluding hydrogens is 322 g/mol. The van der Waals surface area contributed by atoms with E-state index in [0.717, 1.165) is 22.7 Å². The summed E-state index contributed by atoms with van der Waals surface area (Å²) in [7, 11) is 0. The third-order valence-corrected chi connectivity index (χ3v) is 4.12. The van der Waals surface area contributed by atoms with Crippen LogP contribution in [0.25, 0.3) is 11.0 Å². The van der Waals surface area contributed by atoms with Gasteiger partial charge in [0.25, 0.3) is 0 Å². The number of hydrogen-bond donors (Lipinski definition) is 0. The van der Waals surface area contributed by atoms with E-state index in [4.69, 9.17) is 4.52 Å². The molecule has 0 bridgehead atoms. The van der Waals surface area contributed by atoms with Crippen molar-refractivity contribution in [1.82, 2.24) is 19.7 Å². The van der Waals surface area contributed by atoms with Gasteiger partial charge in [-0.05, 0) is 18.1 Å². The van der Waals surface area contributed by atoms with E-state index in [9.17, 15) is 8.78 Å². The molecule has 122 valence electrons. The maximum absolute atomic E-state index is 13.3. The Hall–Kier alpha value is -1.96. The van der Waals surface area contributed by atoms with E-state index in [0.29, 0.717) is 34.4 Å². The van der Waals surface area contributed by atoms with Gasteiger partial charge in [0, 0.05) is 6.42 Å². The van der Waals surface area contributed by atoms with Crippen molar-refractivity contribution in [2.75, 3.05) is 0 Å². The summed E-state index contributed by atoms with van der Waals surface area (Å²) < 4.78 is 32.7. The zero-order valence-electron chi connectivity index (χ0n) is 12.7. The summed E-state index contributed by atoms with van der Waals surface area (Å²) in [5.74, 6) is 1.79. The quantitative estimate of drug-likeness (QED) is 0.627. The molecule has 0 fully saturated rings. The highest BCUT2D eigenvalue weighted by molar-refractivity contribution is 7.98. The van der Waals surface area contributed by atoms with Gasteiger partial charge in [0.1, 0.15) is 0 Å². The topological polar surface area (TPSA) is 56.7 Å². The van der Waals surface area contributed by atoms with Crippen LogP contribution in [0.1, 0.15) is 32.1 Å². The van der Waals surface area contributed by atoms with Crippen LogP contribution in [0.4, 0.5) is 8.78 Å². The first kappa shape index (κ1) is 15.9. The largest absolute Gasteiger partial charge is 0.338 e. The third kappa shape index (κ3) is 3.52. The normalized spacial score (nSPS) is 11.9. The molecule has 3 aromatic rings. The zero-order chi connectivity index (χ0) is 16.4. The van der Waals surface area contributed by atoms with Gasteiger partial charge in [0.2, 0.25) is 5.89 Å². The highest BCUT2D eigenvalue weighted by Gasteiger charge is 2.19. The number of hydrogen-bond acceptors (Lipinski definition) is 5. The summed E-state index contributed by atoms with van der Waals surface area (Å²) in [6, 6.07) is 6.83. The summed E-state index contributed by atoms with van der Waals surface area (Å²) in [5.41, 5.74) is 0.956. The second-order valence-electron chi connectivity index (χ2n) is 5.52. The average Bonchev–Trinajstić information content (AvgIpc) is 3.07. The molecule has 0 saturated carbocycles. The van der Waals surface area contributed by atoms with Crippen LogP contribution in [-0.4, -0.2) is 19.7 Å². The van der Waals surface area contributed by atoms with E-state index in [1.165, 1.54) is 0 Å². The fourth-order valence-corrected chi connectivity index (χ4v) is 3.09. The van der Waals surface area contributed by atoms with Crippen LogP contribution in [0, 0.1) is 5.92 Å². The first-order valence-corrected chi connectivity index (χ1v) is 8.22. The van der Waals surface area contributed by atoms with E-state index in [1.807, 2.05) is 0 Å². The van der Waals surface area contributed by atoms with Crippen LogP contribution < -0.4 is 0 Å². The van der Waals surface area contributed by atoms with Crippen molar-refractivity contribution in [3.63, 3.8) is 0 Å². The molecule has 1 aromatic carbocycles. The Labute approximate surface area is 136 Å². The molecule has 0 N–H and O–H groups in total. The molecule has 0 aliphatic carbocycles. The lowest BCUT2D eigenvalue weighted by Crippen LogP contribution is -2.00. The Kier molecular flexibility index (Phi) is 4.61. The third-order valence-electron chi connectivity index (χ3n) is 3.18. The van der Waals surface area contributed by atoms with Gasteiger partial charge in [-0.15, -0.1) is 0 Å². The van der Waals surface area contributed by atoms with Crippen molar-refractivity contribution in [3.8, 4) is 0 Å². The van der Waals surface area contributed by atoms with Crippen molar-refractivity contribution < 1.29 is 13.3 Å². The van der Waals surface area contributed by atoms with Crippen molar-refractivity contribution in [2.45, 2.75) is 37.7 Å². The van der Waals surface area contributed by atoms with Crippen molar-refractivity contribution >= 4 is 22.8 Å². The maximum Gasteiger partial charge on any atom is 0.321 e. The molecule has 0 atom stereocenters. The number of para-hydroxylation sites is 2. The Morgan fingerprint density at radius 3 is 2.74 bits per heavy atom. The number of benzene rings is 1. The van der Waals surface area contributed by atoms with Crippen LogP contribution in [0.5, 0.6) is 0 Å². The molecule has 0 saturated heterocycles. The molecule has 0 amide bonds. The summed E-state index contributed by atoms with van der Waals surface area (Å²) in [6.07, 6.45) is 0.726. The summed E-state index contributed by atoms with van der Waals surface area (Å²) in [4.78, 5) is 8.53. The zero-order valence-corrected chi connectivity index (χ0v) is 13.6. The van der Waals surface area contributed by atoms with Gasteiger partial charge in [-0.3, -0.25) is 4.57 Å². The van der Waals surface area contributed by atoms with Gasteiger partial charge in [0.15, 0.2) is 11.0 Å². The van der Waals surface area contributed by atoms with Crippen LogP contribution in [0.15, 0.2) is 33.9 Å². The first-order chi connectivity index (χ1) is 11.0. The van der Waals surface area contributed by atoms with Crippen LogP contribution in [-0.2, 0) is 12.2 Å². The van der Waals surface area contributed by atoms with Gasteiger partial charge in [-0.1, -0.05) is 42.9 Å². The van der Waals surface area contributed by atoms with E-state index in [1.54, 1.807) is 24.3 Å². The molecule has 2 aromatic heterocycles. The van der Waals surface area contributed by atoms with Crippen molar-refractivity contribution in [3.05, 3.63) is 36.0 Å². The Balaban J connectivity index is 1.79. The molecule has 8 heteroatoms. The highest BCUT2D eigenvalue weighted by atomic mass is 32.2. The second kappa shape index (κ2) is 6.66. The van der Waals surface area contributed by atoms with E-state index in [-0.39, 0.29) is 5.16 Å². The monoisotopic (exact) mass is 338 g/mol. The summed E-state index contributed by atoms with van der Waals surface area (Å²) in [6.45, 7) is 1.48. The first-order valence-electron chi connectivity index (χ1n) is 7.24. The number of thioether (sulfide) groups is 1. The molecule has 5 nitrogen and oxygen atoms in total. The Bertz CT molecular complexity index is 800. The number of imidazole rings is 1. The minimum Gasteiger partial charge on any atom is -0.338 e. The summed E-state index contributed by atoms with van der Waals surface area (Å²) in [5, 5.41) is 4.13. The fourth-order valence-electron chi connectivity index (χ4n) is 2.24. The van der Waals surface area contributed by atoms with Gasteiger partial charge < -0.3 is 4.52 Å². The number of rotatable bonds is 6. The molecule has 0 radical (unpaired) electrons. The lowest BCUT2D eigenvalue weighted by Gasteiger charge is -2.05. The number of alkyl halides is 2. The average molecular weight is 338 g/mol. The van der Waals surface area contributed by atoms with Crippen LogP contribution in [0.3, 0.4) is 0 Å². The molecule has 3 rings (SSSR count). The molecular formula is C15H16F2N4OS. The molecule has 23 heavy (non-hydrogen) atoms.